The van der Waals surface area contributed by atoms with Gasteiger partial charge in [0.1, 0.15) is 17.5 Å². The lowest BCUT2D eigenvalue weighted by atomic mass is 9.69. The summed E-state index contributed by atoms with van der Waals surface area (Å²) in [6, 6.07) is 29.7. The molecule has 56 heavy (non-hydrogen) atoms. The number of rotatable bonds is 6. The molecule has 4 aromatic rings. The lowest BCUT2D eigenvalue weighted by molar-refractivity contribution is -0.136. The number of aromatic hydroxyl groups is 1. The van der Waals surface area contributed by atoms with Gasteiger partial charge in [-0.2, -0.15) is 0 Å². The number of carbonyl (C=O) groups is 3. The van der Waals surface area contributed by atoms with Crippen LogP contribution in [0.2, 0.25) is 0 Å². The van der Waals surface area contributed by atoms with E-state index in [-0.39, 0.29) is 35.5 Å². The molecule has 1 spiro atoms. The van der Waals surface area contributed by atoms with Gasteiger partial charge >= 0.3 is 0 Å². The number of hydrogen-bond acceptors (Lipinski definition) is 7. The summed E-state index contributed by atoms with van der Waals surface area (Å²) in [5.41, 5.74) is 9.40. The summed E-state index contributed by atoms with van der Waals surface area (Å²) in [6.07, 6.45) is 7.11. The van der Waals surface area contributed by atoms with Crippen LogP contribution in [0.5, 0.6) is 11.5 Å². The second-order valence-electron chi connectivity index (χ2n) is 17.2. The van der Waals surface area contributed by atoms with Crippen molar-refractivity contribution >= 4 is 23.4 Å². The molecular formula is C47H50N4O5. The van der Waals surface area contributed by atoms with Crippen LogP contribution in [-0.2, 0) is 28.0 Å². The van der Waals surface area contributed by atoms with E-state index >= 15 is 0 Å². The molecule has 3 atom stereocenters. The molecule has 5 aliphatic heterocycles. The van der Waals surface area contributed by atoms with Crippen molar-refractivity contribution in [1.29, 1.82) is 0 Å². The van der Waals surface area contributed by atoms with Gasteiger partial charge in [-0.3, -0.25) is 19.7 Å². The van der Waals surface area contributed by atoms with Crippen LogP contribution < -0.4 is 15.0 Å². The van der Waals surface area contributed by atoms with Crippen LogP contribution in [0.1, 0.15) is 101 Å². The van der Waals surface area contributed by atoms with Gasteiger partial charge < -0.3 is 24.5 Å². The average Bonchev–Trinajstić information content (AvgIpc) is 3.73. The normalized spacial score (nSPS) is 24.8. The van der Waals surface area contributed by atoms with E-state index in [0.717, 1.165) is 69.7 Å². The predicted molar refractivity (Wildman–Crippen MR) is 214 cm³/mol. The van der Waals surface area contributed by atoms with Gasteiger partial charge in [-0.1, -0.05) is 48.5 Å². The zero-order valence-electron chi connectivity index (χ0n) is 31.9. The molecule has 0 aromatic heterocycles. The maximum Gasteiger partial charge on any atom is 0.255 e. The standard InChI is InChI=1S/C47H50N4O5/c52-36-11-13-38-33(24-36)8-12-37(31-4-2-1-3-5-31)44(38)32-6-9-35(10-7-32)50-20-16-30(17-21-50)27-49-22-18-47(19-23-49)29-56-42-26-39-34(25-40(42)47)28-51(46(39)55)41-14-15-43(53)48-45(41)54/h1-7,9-11,13,24-26,30,37,41,44,52H,8,12,14-23,27-29H2,(H,48,53,54)/t37-,41?,44+/m1/s1. The molecule has 1 aliphatic carbocycles. The average molecular weight is 751 g/mol. The van der Waals surface area contributed by atoms with E-state index in [0.29, 0.717) is 42.7 Å². The maximum absolute atomic E-state index is 13.4. The zero-order chi connectivity index (χ0) is 38.0. The number of phenolic OH excluding ortho intramolecular Hbond substituents is 1. The van der Waals surface area contributed by atoms with Crippen molar-refractivity contribution in [3.63, 3.8) is 0 Å². The minimum absolute atomic E-state index is 0.0376. The van der Waals surface area contributed by atoms with E-state index in [4.69, 9.17) is 4.74 Å². The number of piperidine rings is 3. The molecule has 10 rings (SSSR count). The van der Waals surface area contributed by atoms with E-state index in [1.807, 2.05) is 18.2 Å². The fourth-order valence-corrected chi connectivity index (χ4v) is 10.9. The lowest BCUT2D eigenvalue weighted by Crippen LogP contribution is -2.52. The van der Waals surface area contributed by atoms with Crippen LogP contribution in [0.4, 0.5) is 5.69 Å². The first-order chi connectivity index (χ1) is 27.3. The molecule has 9 heteroatoms. The smallest absolute Gasteiger partial charge is 0.255 e. The number of carbonyl (C=O) groups excluding carboxylic acids is 3. The number of benzene rings is 4. The minimum atomic E-state index is -0.608. The largest absolute Gasteiger partial charge is 0.508 e. The monoisotopic (exact) mass is 750 g/mol. The molecule has 5 heterocycles. The Morgan fingerprint density at radius 1 is 0.786 bits per heavy atom. The van der Waals surface area contributed by atoms with Gasteiger partial charge in [-0.25, -0.2) is 0 Å². The zero-order valence-corrected chi connectivity index (χ0v) is 31.9. The molecule has 288 valence electrons. The fraction of sp³-hybridized carbons (Fsp3) is 0.426. The number of fused-ring (bicyclic) bond motifs is 4. The molecule has 1 unspecified atom stereocenters. The van der Waals surface area contributed by atoms with Crippen LogP contribution in [0, 0.1) is 5.92 Å². The number of nitrogens with one attached hydrogen (secondary N) is 1. The third-order valence-electron chi connectivity index (χ3n) is 14.1. The van der Waals surface area contributed by atoms with Crippen molar-refractivity contribution in [2.45, 2.75) is 81.2 Å². The topological polar surface area (TPSA) is 102 Å². The number of phenols is 1. The number of hydrogen-bond donors (Lipinski definition) is 2. The fourth-order valence-electron chi connectivity index (χ4n) is 10.9. The van der Waals surface area contributed by atoms with Crippen LogP contribution in [-0.4, -0.2) is 78.0 Å². The molecule has 4 aromatic carbocycles. The highest BCUT2D eigenvalue weighted by Gasteiger charge is 2.46. The van der Waals surface area contributed by atoms with Gasteiger partial charge in [-0.15, -0.1) is 0 Å². The summed E-state index contributed by atoms with van der Waals surface area (Å²) in [7, 11) is 0. The molecule has 9 nitrogen and oxygen atoms in total. The highest BCUT2D eigenvalue weighted by molar-refractivity contribution is 6.05. The summed E-state index contributed by atoms with van der Waals surface area (Å²) in [4.78, 5) is 44.5. The van der Waals surface area contributed by atoms with Gasteiger partial charge in [0, 0.05) is 60.7 Å². The van der Waals surface area contributed by atoms with Crippen molar-refractivity contribution < 1.29 is 24.2 Å². The van der Waals surface area contributed by atoms with Gasteiger partial charge in [-0.05, 0) is 134 Å². The highest BCUT2D eigenvalue weighted by atomic mass is 16.5. The first-order valence-corrected chi connectivity index (χ1v) is 20.7. The predicted octanol–water partition coefficient (Wildman–Crippen LogP) is 6.66. The van der Waals surface area contributed by atoms with E-state index in [2.05, 4.69) is 81.8 Å². The lowest BCUT2D eigenvalue weighted by Gasteiger charge is -2.41. The molecule has 2 N–H and O–H groups in total. The second-order valence-corrected chi connectivity index (χ2v) is 17.2. The van der Waals surface area contributed by atoms with Crippen molar-refractivity contribution in [3.05, 3.63) is 124 Å². The number of ether oxygens (including phenoxy) is 1. The number of aryl methyl sites for hydroxylation is 1. The Morgan fingerprint density at radius 2 is 1.57 bits per heavy atom. The number of likely N-dealkylation sites (tertiary alicyclic amines) is 1. The summed E-state index contributed by atoms with van der Waals surface area (Å²) in [6.45, 7) is 6.41. The number of amides is 3. The summed E-state index contributed by atoms with van der Waals surface area (Å²) in [5, 5.41) is 12.6. The van der Waals surface area contributed by atoms with Gasteiger partial charge in [0.25, 0.3) is 5.91 Å². The molecular weight excluding hydrogens is 701 g/mol. The third kappa shape index (κ3) is 6.24. The summed E-state index contributed by atoms with van der Waals surface area (Å²) >= 11 is 0. The van der Waals surface area contributed by atoms with Crippen LogP contribution >= 0.6 is 0 Å². The van der Waals surface area contributed by atoms with E-state index in [1.54, 1.807) is 4.90 Å². The number of nitrogens with zero attached hydrogens (tertiary/aromatic N) is 3. The second kappa shape index (κ2) is 14.1. The molecule has 3 saturated heterocycles. The van der Waals surface area contributed by atoms with Crippen molar-refractivity contribution in [3.8, 4) is 11.5 Å². The first-order valence-electron chi connectivity index (χ1n) is 20.7. The highest BCUT2D eigenvalue weighted by Crippen LogP contribution is 2.49. The quantitative estimate of drug-likeness (QED) is 0.213. The molecule has 0 bridgehead atoms. The Labute approximate surface area is 328 Å². The Balaban J connectivity index is 0.754. The number of imide groups is 1. The van der Waals surface area contributed by atoms with Crippen LogP contribution in [0.25, 0.3) is 0 Å². The minimum Gasteiger partial charge on any atom is -0.508 e. The molecule has 3 fully saturated rings. The molecule has 0 radical (unpaired) electrons. The number of anilines is 1. The summed E-state index contributed by atoms with van der Waals surface area (Å²) < 4.78 is 6.28. The van der Waals surface area contributed by atoms with Crippen molar-refractivity contribution in [2.75, 3.05) is 44.2 Å². The Kier molecular flexibility index (Phi) is 8.88. The van der Waals surface area contributed by atoms with E-state index in [9.17, 15) is 19.5 Å². The maximum atomic E-state index is 13.4. The van der Waals surface area contributed by atoms with Crippen LogP contribution in [0.15, 0.2) is 84.9 Å². The third-order valence-corrected chi connectivity index (χ3v) is 14.1. The van der Waals surface area contributed by atoms with E-state index in [1.165, 1.54) is 46.3 Å². The van der Waals surface area contributed by atoms with Gasteiger partial charge in [0.2, 0.25) is 11.8 Å². The first kappa shape index (κ1) is 35.3. The Morgan fingerprint density at radius 3 is 2.34 bits per heavy atom. The Hall–Kier alpha value is -5.15. The molecule has 0 saturated carbocycles. The van der Waals surface area contributed by atoms with Gasteiger partial charge in [0.05, 0.1) is 6.61 Å². The van der Waals surface area contributed by atoms with Gasteiger partial charge in [0.15, 0.2) is 0 Å². The van der Waals surface area contributed by atoms with E-state index < -0.39 is 6.04 Å². The molecule has 3 amide bonds. The van der Waals surface area contributed by atoms with Crippen LogP contribution in [0.3, 0.4) is 0 Å². The SMILES string of the molecule is O=C1CCC(N2Cc3cc4c(cc3C2=O)OCC42CCN(CC3CCN(c4ccc([C@@H]5c6ccc(O)cc6CC[C@@H]5c5ccccc5)cc4)CC3)CC2)C(=O)N1. The molecule has 6 aliphatic rings. The Bertz CT molecular complexity index is 2170. The summed E-state index contributed by atoms with van der Waals surface area (Å²) in [5.74, 6) is 1.71. The van der Waals surface area contributed by atoms with Crippen molar-refractivity contribution in [1.82, 2.24) is 15.1 Å². The van der Waals surface area contributed by atoms with Crippen molar-refractivity contribution in [2.24, 2.45) is 5.92 Å².